The average Bonchev–Trinajstić information content (AvgIpc) is 3.30. The van der Waals surface area contributed by atoms with Crippen molar-refractivity contribution in [1.29, 1.82) is 0 Å². The highest BCUT2D eigenvalue weighted by Crippen LogP contribution is 2.19. The third-order valence-electron chi connectivity index (χ3n) is 4.35. The first-order valence-corrected chi connectivity index (χ1v) is 8.45. The fourth-order valence-electron chi connectivity index (χ4n) is 2.97. The van der Waals surface area contributed by atoms with Gasteiger partial charge in [-0.25, -0.2) is 4.98 Å². The van der Waals surface area contributed by atoms with E-state index in [2.05, 4.69) is 15.6 Å². The molecule has 3 heterocycles. The van der Waals surface area contributed by atoms with E-state index in [-0.39, 0.29) is 11.8 Å². The summed E-state index contributed by atoms with van der Waals surface area (Å²) in [7, 11) is 0. The largest absolute Gasteiger partial charge is 0.487 e. The number of benzene rings is 1. The fourth-order valence-corrected chi connectivity index (χ4v) is 2.97. The second-order valence-corrected chi connectivity index (χ2v) is 6.19. The Hall–Kier alpha value is -2.86. The molecule has 1 aliphatic heterocycles. The first kappa shape index (κ1) is 15.7. The molecule has 1 saturated heterocycles. The zero-order chi connectivity index (χ0) is 17.1. The lowest BCUT2D eigenvalue weighted by atomic mass is 10.1. The number of amides is 1. The SMILES string of the molecule is O=C(Nc1ccc(OCc2cn3ccccc3n2)cc1)C1CCNC1. The number of carbonyl (C=O) groups is 1. The van der Waals surface area contributed by atoms with Crippen LogP contribution in [0.5, 0.6) is 5.75 Å². The molecule has 4 rings (SSSR count). The molecule has 1 fully saturated rings. The minimum absolute atomic E-state index is 0.0611. The molecule has 2 aromatic heterocycles. The summed E-state index contributed by atoms with van der Waals surface area (Å²) in [5.41, 5.74) is 2.56. The molecule has 6 heteroatoms. The predicted molar refractivity (Wildman–Crippen MR) is 95.6 cm³/mol. The average molecular weight is 336 g/mol. The van der Waals surface area contributed by atoms with Crippen LogP contribution in [0.3, 0.4) is 0 Å². The summed E-state index contributed by atoms with van der Waals surface area (Å²) >= 11 is 0. The predicted octanol–water partition coefficient (Wildman–Crippen LogP) is 2.46. The quantitative estimate of drug-likeness (QED) is 0.751. The van der Waals surface area contributed by atoms with Crippen LogP contribution in [0.1, 0.15) is 12.1 Å². The maximum absolute atomic E-state index is 12.1. The van der Waals surface area contributed by atoms with Crippen LogP contribution in [0.25, 0.3) is 5.65 Å². The molecule has 1 aromatic carbocycles. The van der Waals surface area contributed by atoms with Crippen molar-refractivity contribution >= 4 is 17.2 Å². The van der Waals surface area contributed by atoms with Gasteiger partial charge in [-0.05, 0) is 49.4 Å². The summed E-state index contributed by atoms with van der Waals surface area (Å²) < 4.78 is 7.75. The van der Waals surface area contributed by atoms with Crippen LogP contribution in [0.15, 0.2) is 54.9 Å². The lowest BCUT2D eigenvalue weighted by Crippen LogP contribution is -2.24. The summed E-state index contributed by atoms with van der Waals surface area (Å²) in [5, 5.41) is 6.15. The molecule has 1 amide bonds. The van der Waals surface area contributed by atoms with E-state index in [1.54, 1.807) is 0 Å². The first-order valence-electron chi connectivity index (χ1n) is 8.45. The Morgan fingerprint density at radius 1 is 1.28 bits per heavy atom. The molecule has 6 nitrogen and oxygen atoms in total. The Kier molecular flexibility index (Phi) is 4.35. The van der Waals surface area contributed by atoms with Crippen molar-refractivity contribution in [3.05, 3.63) is 60.6 Å². The van der Waals surface area contributed by atoms with Crippen LogP contribution in [0, 0.1) is 5.92 Å². The van der Waals surface area contributed by atoms with Gasteiger partial charge in [0.2, 0.25) is 5.91 Å². The van der Waals surface area contributed by atoms with Gasteiger partial charge >= 0.3 is 0 Å². The Labute approximate surface area is 145 Å². The highest BCUT2D eigenvalue weighted by molar-refractivity contribution is 5.92. The van der Waals surface area contributed by atoms with Crippen molar-refractivity contribution in [2.75, 3.05) is 18.4 Å². The molecule has 1 atom stereocenters. The Morgan fingerprint density at radius 3 is 2.92 bits per heavy atom. The van der Waals surface area contributed by atoms with Crippen LogP contribution in [0.4, 0.5) is 5.69 Å². The van der Waals surface area contributed by atoms with Crippen molar-refractivity contribution in [1.82, 2.24) is 14.7 Å². The fraction of sp³-hybridized carbons (Fsp3) is 0.263. The number of pyridine rings is 1. The molecule has 0 bridgehead atoms. The van der Waals surface area contributed by atoms with Gasteiger partial charge in [-0.3, -0.25) is 4.79 Å². The van der Waals surface area contributed by atoms with Crippen molar-refractivity contribution in [2.24, 2.45) is 5.92 Å². The number of rotatable bonds is 5. The van der Waals surface area contributed by atoms with Crippen LogP contribution < -0.4 is 15.4 Å². The minimum Gasteiger partial charge on any atom is -0.487 e. The van der Waals surface area contributed by atoms with Gasteiger partial charge < -0.3 is 19.8 Å². The highest BCUT2D eigenvalue weighted by Gasteiger charge is 2.22. The van der Waals surface area contributed by atoms with Crippen LogP contribution in [0.2, 0.25) is 0 Å². The topological polar surface area (TPSA) is 67.7 Å². The molecule has 2 N–H and O–H groups in total. The van der Waals surface area contributed by atoms with E-state index in [0.29, 0.717) is 6.61 Å². The summed E-state index contributed by atoms with van der Waals surface area (Å²) in [6.45, 7) is 2.07. The molecule has 0 radical (unpaired) electrons. The monoisotopic (exact) mass is 336 g/mol. The van der Waals surface area contributed by atoms with E-state index in [1.165, 1.54) is 0 Å². The lowest BCUT2D eigenvalue weighted by molar-refractivity contribution is -0.119. The van der Waals surface area contributed by atoms with E-state index >= 15 is 0 Å². The Morgan fingerprint density at radius 2 is 2.16 bits per heavy atom. The Balaban J connectivity index is 1.34. The second kappa shape index (κ2) is 6.94. The number of nitrogens with one attached hydrogen (secondary N) is 2. The van der Waals surface area contributed by atoms with E-state index < -0.39 is 0 Å². The maximum atomic E-state index is 12.1. The minimum atomic E-state index is 0.0611. The normalized spacial score (nSPS) is 16.9. The molecule has 1 unspecified atom stereocenters. The van der Waals surface area contributed by atoms with Gasteiger partial charge in [-0.2, -0.15) is 0 Å². The molecular weight excluding hydrogens is 316 g/mol. The standard InChI is InChI=1S/C19H20N4O2/c24-19(14-8-9-20-11-14)22-15-4-6-17(7-5-15)25-13-16-12-23-10-2-1-3-18(23)21-16/h1-7,10,12,14,20H,8-9,11,13H2,(H,22,24). The maximum Gasteiger partial charge on any atom is 0.228 e. The molecule has 128 valence electrons. The number of hydrogen-bond donors (Lipinski definition) is 2. The Bertz CT molecular complexity index is 834. The van der Waals surface area contributed by atoms with Gasteiger partial charge in [0.05, 0.1) is 11.6 Å². The second-order valence-electron chi connectivity index (χ2n) is 6.19. The number of anilines is 1. The summed E-state index contributed by atoms with van der Waals surface area (Å²) in [5.74, 6) is 0.881. The summed E-state index contributed by atoms with van der Waals surface area (Å²) in [6.07, 6.45) is 4.81. The van der Waals surface area contributed by atoms with E-state index in [4.69, 9.17) is 4.74 Å². The molecular formula is C19H20N4O2. The van der Waals surface area contributed by atoms with E-state index in [1.807, 2.05) is 59.3 Å². The molecule has 3 aromatic rings. The smallest absolute Gasteiger partial charge is 0.228 e. The van der Waals surface area contributed by atoms with Gasteiger partial charge in [0.15, 0.2) is 0 Å². The number of ether oxygens (including phenoxy) is 1. The molecule has 0 spiro atoms. The number of hydrogen-bond acceptors (Lipinski definition) is 4. The summed E-state index contributed by atoms with van der Waals surface area (Å²) in [4.78, 5) is 16.6. The van der Waals surface area contributed by atoms with Crippen LogP contribution >= 0.6 is 0 Å². The van der Waals surface area contributed by atoms with Gasteiger partial charge in [0.25, 0.3) is 0 Å². The molecule has 0 saturated carbocycles. The van der Waals surface area contributed by atoms with Gasteiger partial charge in [0, 0.05) is 24.6 Å². The molecule has 0 aliphatic carbocycles. The molecule has 1 aliphatic rings. The van der Waals surface area contributed by atoms with Crippen LogP contribution in [-0.2, 0) is 11.4 Å². The van der Waals surface area contributed by atoms with Gasteiger partial charge in [-0.15, -0.1) is 0 Å². The van der Waals surface area contributed by atoms with E-state index in [9.17, 15) is 4.79 Å². The number of nitrogens with zero attached hydrogens (tertiary/aromatic N) is 2. The zero-order valence-electron chi connectivity index (χ0n) is 13.8. The third kappa shape index (κ3) is 3.64. The number of carbonyl (C=O) groups excluding carboxylic acids is 1. The zero-order valence-corrected chi connectivity index (χ0v) is 13.8. The number of fused-ring (bicyclic) bond motifs is 1. The van der Waals surface area contributed by atoms with Crippen molar-refractivity contribution in [3.8, 4) is 5.75 Å². The van der Waals surface area contributed by atoms with Gasteiger partial charge in [-0.1, -0.05) is 6.07 Å². The lowest BCUT2D eigenvalue weighted by Gasteiger charge is -2.10. The van der Waals surface area contributed by atoms with Crippen LogP contribution in [-0.4, -0.2) is 28.4 Å². The highest BCUT2D eigenvalue weighted by atomic mass is 16.5. The number of aromatic nitrogens is 2. The van der Waals surface area contributed by atoms with Crippen molar-refractivity contribution < 1.29 is 9.53 Å². The molecule has 25 heavy (non-hydrogen) atoms. The third-order valence-corrected chi connectivity index (χ3v) is 4.35. The first-order chi connectivity index (χ1) is 12.3. The number of imidazole rings is 1. The van der Waals surface area contributed by atoms with Crippen molar-refractivity contribution in [2.45, 2.75) is 13.0 Å². The van der Waals surface area contributed by atoms with Crippen molar-refractivity contribution in [3.63, 3.8) is 0 Å². The summed E-state index contributed by atoms with van der Waals surface area (Å²) in [6, 6.07) is 13.3. The van der Waals surface area contributed by atoms with Gasteiger partial charge in [0.1, 0.15) is 18.0 Å². The van der Waals surface area contributed by atoms with E-state index in [0.717, 1.165) is 42.3 Å².